The van der Waals surface area contributed by atoms with Crippen molar-refractivity contribution in [3.63, 3.8) is 0 Å². The van der Waals surface area contributed by atoms with Crippen LogP contribution in [0.2, 0.25) is 0 Å². The Bertz CT molecular complexity index is 1020. The molecule has 0 unspecified atom stereocenters. The summed E-state index contributed by atoms with van der Waals surface area (Å²) in [6.07, 6.45) is 0.455. The predicted octanol–water partition coefficient (Wildman–Crippen LogP) is 4.67. The normalized spacial score (nSPS) is 19.5. The van der Waals surface area contributed by atoms with Gasteiger partial charge >= 0.3 is 5.97 Å². The fourth-order valence-electron chi connectivity index (χ4n) is 4.09. The molecule has 6 nitrogen and oxygen atoms in total. The first-order valence-electron chi connectivity index (χ1n) is 10.1. The highest BCUT2D eigenvalue weighted by molar-refractivity contribution is 6.01. The molecule has 0 fully saturated rings. The van der Waals surface area contributed by atoms with Crippen LogP contribution >= 0.6 is 0 Å². The lowest BCUT2D eigenvalue weighted by Crippen LogP contribution is -2.37. The van der Waals surface area contributed by atoms with E-state index in [1.807, 2.05) is 45.9 Å². The average Bonchev–Trinajstić information content (AvgIpc) is 2.66. The summed E-state index contributed by atoms with van der Waals surface area (Å²) in [5.74, 6) is 1.55. The highest BCUT2D eigenvalue weighted by Gasteiger charge is 2.40. The molecule has 2 heterocycles. The molecule has 158 valence electrons. The van der Waals surface area contributed by atoms with E-state index in [-0.39, 0.29) is 30.2 Å². The van der Waals surface area contributed by atoms with E-state index in [0.29, 0.717) is 35.0 Å². The number of carbonyl (C=O) groups is 2. The fraction of sp³-hybridized carbons (Fsp3) is 0.417. The standard InChI is InChI=1S/C24H26O6/c1-13(2)28-18-8-6-14(10-20(18)27-5)16-11-21(26)29-19-9-7-15-17(25)12-24(3,4)30-23(15)22(16)19/h6-10,13,16H,11-12H2,1-5H3/t16-/m1/s1. The van der Waals surface area contributed by atoms with Gasteiger partial charge in [-0.3, -0.25) is 9.59 Å². The molecule has 1 atom stereocenters. The largest absolute Gasteiger partial charge is 0.493 e. The van der Waals surface area contributed by atoms with Crippen molar-refractivity contribution in [3.05, 3.63) is 47.0 Å². The van der Waals surface area contributed by atoms with Crippen LogP contribution in [0, 0.1) is 0 Å². The van der Waals surface area contributed by atoms with Gasteiger partial charge in [0, 0.05) is 11.5 Å². The number of fused-ring (bicyclic) bond motifs is 3. The number of Topliss-reactive ketones (excluding diaryl/α,β-unsaturated/α-hetero) is 1. The van der Waals surface area contributed by atoms with Gasteiger partial charge < -0.3 is 18.9 Å². The Hall–Kier alpha value is -3.02. The van der Waals surface area contributed by atoms with Crippen molar-refractivity contribution in [3.8, 4) is 23.0 Å². The van der Waals surface area contributed by atoms with E-state index in [1.54, 1.807) is 19.2 Å². The Morgan fingerprint density at radius 3 is 2.57 bits per heavy atom. The number of hydrogen-bond donors (Lipinski definition) is 0. The summed E-state index contributed by atoms with van der Waals surface area (Å²) in [5.41, 5.74) is 1.50. The zero-order valence-corrected chi connectivity index (χ0v) is 17.9. The molecule has 2 aromatic rings. The van der Waals surface area contributed by atoms with Crippen molar-refractivity contribution >= 4 is 11.8 Å². The quantitative estimate of drug-likeness (QED) is 0.539. The second-order valence-corrected chi connectivity index (χ2v) is 8.62. The third-order valence-corrected chi connectivity index (χ3v) is 5.32. The third kappa shape index (κ3) is 3.62. The van der Waals surface area contributed by atoms with Gasteiger partial charge in [0.25, 0.3) is 0 Å². The number of benzene rings is 2. The molecular formula is C24H26O6. The summed E-state index contributed by atoms with van der Waals surface area (Å²) >= 11 is 0. The van der Waals surface area contributed by atoms with E-state index in [0.717, 1.165) is 11.1 Å². The summed E-state index contributed by atoms with van der Waals surface area (Å²) in [6.45, 7) is 7.67. The van der Waals surface area contributed by atoms with Crippen LogP contribution in [0.5, 0.6) is 23.0 Å². The zero-order chi connectivity index (χ0) is 21.6. The van der Waals surface area contributed by atoms with Crippen molar-refractivity contribution in [2.45, 2.75) is 58.2 Å². The van der Waals surface area contributed by atoms with Crippen LogP contribution in [-0.4, -0.2) is 30.6 Å². The molecule has 0 saturated carbocycles. The van der Waals surface area contributed by atoms with E-state index < -0.39 is 5.60 Å². The predicted molar refractivity (Wildman–Crippen MR) is 111 cm³/mol. The van der Waals surface area contributed by atoms with E-state index in [1.165, 1.54) is 0 Å². The number of hydrogen-bond acceptors (Lipinski definition) is 6. The molecule has 2 aliphatic heterocycles. The summed E-state index contributed by atoms with van der Waals surface area (Å²) in [6, 6.07) is 9.01. The lowest BCUT2D eigenvalue weighted by atomic mass is 9.82. The smallest absolute Gasteiger partial charge is 0.312 e. The molecule has 0 radical (unpaired) electrons. The molecule has 0 spiro atoms. The van der Waals surface area contributed by atoms with Gasteiger partial charge in [-0.05, 0) is 57.5 Å². The van der Waals surface area contributed by atoms with Gasteiger partial charge in [0.1, 0.15) is 17.1 Å². The molecule has 30 heavy (non-hydrogen) atoms. The Kier molecular flexibility index (Phi) is 4.96. The molecule has 2 aromatic carbocycles. The van der Waals surface area contributed by atoms with Gasteiger partial charge in [0.05, 0.1) is 31.6 Å². The van der Waals surface area contributed by atoms with Gasteiger partial charge in [-0.15, -0.1) is 0 Å². The minimum absolute atomic E-state index is 0.00352. The van der Waals surface area contributed by atoms with Crippen LogP contribution in [0.15, 0.2) is 30.3 Å². The maximum Gasteiger partial charge on any atom is 0.312 e. The number of rotatable bonds is 4. The first kappa shape index (κ1) is 20.3. The minimum atomic E-state index is -0.627. The minimum Gasteiger partial charge on any atom is -0.493 e. The monoisotopic (exact) mass is 410 g/mol. The molecule has 0 aliphatic carbocycles. The summed E-state index contributed by atoms with van der Waals surface area (Å²) in [7, 11) is 1.58. The van der Waals surface area contributed by atoms with Crippen molar-refractivity contribution in [1.82, 2.24) is 0 Å². The highest BCUT2D eigenvalue weighted by Crippen LogP contribution is 2.49. The van der Waals surface area contributed by atoms with Gasteiger partial charge in [-0.2, -0.15) is 0 Å². The molecule has 2 aliphatic rings. The Balaban J connectivity index is 1.85. The van der Waals surface area contributed by atoms with Crippen LogP contribution in [0.25, 0.3) is 0 Å². The molecule has 0 saturated heterocycles. The second kappa shape index (κ2) is 7.35. The van der Waals surface area contributed by atoms with Crippen molar-refractivity contribution in [2.75, 3.05) is 7.11 Å². The summed E-state index contributed by atoms with van der Waals surface area (Å²) in [5, 5.41) is 0. The summed E-state index contributed by atoms with van der Waals surface area (Å²) in [4.78, 5) is 25.1. The van der Waals surface area contributed by atoms with Crippen LogP contribution in [0.3, 0.4) is 0 Å². The number of ether oxygens (including phenoxy) is 4. The Morgan fingerprint density at radius 2 is 1.87 bits per heavy atom. The van der Waals surface area contributed by atoms with Gasteiger partial charge in [0.15, 0.2) is 17.3 Å². The molecule has 0 N–H and O–H groups in total. The van der Waals surface area contributed by atoms with E-state index >= 15 is 0 Å². The van der Waals surface area contributed by atoms with Gasteiger partial charge in [0.2, 0.25) is 0 Å². The number of carbonyl (C=O) groups excluding carboxylic acids is 2. The molecule has 4 rings (SSSR count). The highest BCUT2D eigenvalue weighted by atomic mass is 16.5. The van der Waals surface area contributed by atoms with Crippen LogP contribution in [0.1, 0.15) is 67.9 Å². The zero-order valence-electron chi connectivity index (χ0n) is 17.9. The molecule has 0 bridgehead atoms. The average molecular weight is 410 g/mol. The topological polar surface area (TPSA) is 71.1 Å². The number of methoxy groups -OCH3 is 1. The van der Waals surface area contributed by atoms with Crippen molar-refractivity contribution in [2.24, 2.45) is 0 Å². The Labute approximate surface area is 176 Å². The lowest BCUT2D eigenvalue weighted by molar-refractivity contribution is -0.135. The van der Waals surface area contributed by atoms with Gasteiger partial charge in [-0.25, -0.2) is 0 Å². The van der Waals surface area contributed by atoms with Crippen molar-refractivity contribution < 1.29 is 28.5 Å². The van der Waals surface area contributed by atoms with Gasteiger partial charge in [-0.1, -0.05) is 6.07 Å². The van der Waals surface area contributed by atoms with Crippen LogP contribution < -0.4 is 18.9 Å². The van der Waals surface area contributed by atoms with E-state index in [4.69, 9.17) is 18.9 Å². The van der Waals surface area contributed by atoms with E-state index in [2.05, 4.69) is 0 Å². The first-order chi connectivity index (χ1) is 14.2. The number of ketones is 1. The summed E-state index contributed by atoms with van der Waals surface area (Å²) < 4.78 is 23.1. The first-order valence-corrected chi connectivity index (χ1v) is 10.1. The molecular weight excluding hydrogens is 384 g/mol. The fourth-order valence-corrected chi connectivity index (χ4v) is 4.09. The third-order valence-electron chi connectivity index (χ3n) is 5.32. The maximum atomic E-state index is 12.7. The SMILES string of the molecule is COc1cc([C@H]2CC(=O)Oc3ccc4c(c32)OC(C)(C)CC4=O)ccc1OC(C)C. The second-order valence-electron chi connectivity index (χ2n) is 8.62. The molecule has 0 aromatic heterocycles. The van der Waals surface area contributed by atoms with Crippen LogP contribution in [0.4, 0.5) is 0 Å². The van der Waals surface area contributed by atoms with Crippen LogP contribution in [-0.2, 0) is 4.79 Å². The van der Waals surface area contributed by atoms with E-state index in [9.17, 15) is 9.59 Å². The molecule has 6 heteroatoms. The lowest BCUT2D eigenvalue weighted by Gasteiger charge is -2.36. The number of esters is 1. The molecule has 0 amide bonds. The van der Waals surface area contributed by atoms with Crippen molar-refractivity contribution in [1.29, 1.82) is 0 Å². The maximum absolute atomic E-state index is 12.7. The Morgan fingerprint density at radius 1 is 1.10 bits per heavy atom.